The molecule has 0 aliphatic rings. The number of carbonyl (C=O) groups excluding carboxylic acids is 2. The highest BCUT2D eigenvalue weighted by atomic mass is 79.9. The van der Waals surface area contributed by atoms with Crippen LogP contribution in [0.25, 0.3) is 22.0 Å². The van der Waals surface area contributed by atoms with Crippen LogP contribution < -0.4 is 11.1 Å². The first-order valence-corrected chi connectivity index (χ1v) is 10.8. The second-order valence-electron chi connectivity index (χ2n) is 6.93. The normalized spacial score (nSPS) is 11.7. The molecule has 0 radical (unpaired) electrons. The largest absolute Gasteiger partial charge is 0.462 e. The van der Waals surface area contributed by atoms with Gasteiger partial charge in [0.05, 0.1) is 23.0 Å². The molecule has 4 rings (SSSR count). The van der Waals surface area contributed by atoms with E-state index >= 15 is 0 Å². The molecule has 0 fully saturated rings. The zero-order valence-corrected chi connectivity index (χ0v) is 18.6. The maximum absolute atomic E-state index is 13.0. The Balaban J connectivity index is 1.87. The molecule has 0 unspecified atom stereocenters. The van der Waals surface area contributed by atoms with Crippen molar-refractivity contribution in [2.75, 3.05) is 10.6 Å². The van der Waals surface area contributed by atoms with E-state index in [1.165, 1.54) is 6.26 Å². The Hall–Kier alpha value is -3.40. The summed E-state index contributed by atoms with van der Waals surface area (Å²) in [6.45, 7) is 4.76. The molecule has 3 aromatic heterocycles. The number of amides is 2. The molecule has 10 heteroatoms. The number of alkyl halides is 1. The number of hydrogen-bond acceptors (Lipinski definition) is 5. The lowest BCUT2D eigenvalue weighted by Gasteiger charge is -2.09. The number of anilines is 1. The second-order valence-corrected chi connectivity index (χ2v) is 7.58. The smallest absolute Gasteiger partial charge is 0.276 e. The first-order valence-electron chi connectivity index (χ1n) is 9.71. The van der Waals surface area contributed by atoms with Crippen LogP contribution in [0, 0.1) is 6.92 Å². The van der Waals surface area contributed by atoms with E-state index in [9.17, 15) is 9.59 Å². The van der Waals surface area contributed by atoms with Crippen molar-refractivity contribution in [3.63, 3.8) is 0 Å². The van der Waals surface area contributed by atoms with Crippen LogP contribution in [-0.2, 0) is 13.1 Å². The van der Waals surface area contributed by atoms with Crippen LogP contribution in [0.4, 0.5) is 5.95 Å². The number of nitrogens with one attached hydrogen (secondary N) is 1. The van der Waals surface area contributed by atoms with E-state index in [1.54, 1.807) is 22.9 Å². The van der Waals surface area contributed by atoms with Gasteiger partial charge in [0.1, 0.15) is 11.2 Å². The maximum Gasteiger partial charge on any atom is 0.276 e. The summed E-state index contributed by atoms with van der Waals surface area (Å²) in [4.78, 5) is 29.5. The monoisotopic (exact) mass is 484 g/mol. The third kappa shape index (κ3) is 3.74. The number of imidazole rings is 1. The second kappa shape index (κ2) is 8.38. The highest BCUT2D eigenvalue weighted by Crippen LogP contribution is 2.32. The van der Waals surface area contributed by atoms with Crippen molar-refractivity contribution in [2.24, 2.45) is 5.73 Å². The average molecular weight is 485 g/mol. The van der Waals surface area contributed by atoms with Crippen molar-refractivity contribution in [1.29, 1.82) is 0 Å². The molecular formula is C21H21BrN6O3. The standard InChI is InChI=1S/C21H21BrN6O3/c1-3-28-16(10-12(2)26-28)20(30)25-21-24-15-11-14(19(23)29)13-6-9-31-18(13)17(15)27(21)8-5-4-7-22/h4-6,9-11H,3,7-8H2,1-2H3,(H2,23,29)(H,24,25,30). The average Bonchev–Trinajstić information content (AvgIpc) is 3.44. The van der Waals surface area contributed by atoms with Gasteiger partial charge in [-0.3, -0.25) is 19.6 Å². The van der Waals surface area contributed by atoms with Crippen LogP contribution in [0.2, 0.25) is 0 Å². The molecular weight excluding hydrogens is 464 g/mol. The van der Waals surface area contributed by atoms with Crippen molar-refractivity contribution < 1.29 is 14.0 Å². The molecule has 3 heterocycles. The molecule has 0 aliphatic heterocycles. The molecule has 0 saturated carbocycles. The number of aromatic nitrogens is 4. The number of hydrogen-bond donors (Lipinski definition) is 2. The van der Waals surface area contributed by atoms with Crippen molar-refractivity contribution in [1.82, 2.24) is 19.3 Å². The Kier molecular flexibility index (Phi) is 5.64. The third-order valence-corrected chi connectivity index (χ3v) is 5.29. The molecule has 0 spiro atoms. The lowest BCUT2D eigenvalue weighted by Crippen LogP contribution is -2.19. The van der Waals surface area contributed by atoms with Crippen LogP contribution in [0.5, 0.6) is 0 Å². The van der Waals surface area contributed by atoms with E-state index in [2.05, 4.69) is 31.3 Å². The summed E-state index contributed by atoms with van der Waals surface area (Å²) in [6.07, 6.45) is 5.40. The molecule has 1 aromatic carbocycles. The van der Waals surface area contributed by atoms with Gasteiger partial charge in [-0.05, 0) is 32.0 Å². The van der Waals surface area contributed by atoms with Gasteiger partial charge in [-0.1, -0.05) is 28.1 Å². The molecule has 0 atom stereocenters. The summed E-state index contributed by atoms with van der Waals surface area (Å²) in [5.74, 6) is -0.565. The minimum absolute atomic E-state index is 0.314. The quantitative estimate of drug-likeness (QED) is 0.306. The first-order chi connectivity index (χ1) is 14.9. The van der Waals surface area contributed by atoms with Gasteiger partial charge in [-0.15, -0.1) is 0 Å². The van der Waals surface area contributed by atoms with Crippen LogP contribution >= 0.6 is 15.9 Å². The zero-order valence-electron chi connectivity index (χ0n) is 17.1. The van der Waals surface area contributed by atoms with Gasteiger partial charge >= 0.3 is 0 Å². The number of aryl methyl sites for hydroxylation is 2. The van der Waals surface area contributed by atoms with E-state index in [-0.39, 0.29) is 5.91 Å². The summed E-state index contributed by atoms with van der Waals surface area (Å²) < 4.78 is 9.16. The fourth-order valence-electron chi connectivity index (χ4n) is 3.59. The number of fused-ring (bicyclic) bond motifs is 3. The number of carbonyl (C=O) groups is 2. The Labute approximate surface area is 186 Å². The SMILES string of the molecule is CCn1nc(C)cc1C(=O)Nc1nc2cc(C(N)=O)c3ccoc3c2n1CC=CCBr. The Morgan fingerprint density at radius 3 is 2.84 bits per heavy atom. The highest BCUT2D eigenvalue weighted by Gasteiger charge is 2.22. The predicted octanol–water partition coefficient (Wildman–Crippen LogP) is 3.61. The number of nitrogens with zero attached hydrogens (tertiary/aromatic N) is 4. The van der Waals surface area contributed by atoms with Crippen molar-refractivity contribution in [2.45, 2.75) is 26.9 Å². The molecule has 0 bridgehead atoms. The van der Waals surface area contributed by atoms with Gasteiger partial charge in [0.25, 0.3) is 5.91 Å². The number of benzene rings is 1. The topological polar surface area (TPSA) is 121 Å². The number of primary amides is 1. The Morgan fingerprint density at radius 1 is 1.32 bits per heavy atom. The van der Waals surface area contributed by atoms with Gasteiger partial charge in [0.15, 0.2) is 5.58 Å². The van der Waals surface area contributed by atoms with Crippen LogP contribution in [0.1, 0.15) is 33.5 Å². The molecule has 0 aliphatic carbocycles. The van der Waals surface area contributed by atoms with Crippen molar-refractivity contribution in [3.8, 4) is 0 Å². The molecule has 9 nitrogen and oxygen atoms in total. The minimum atomic E-state index is -0.574. The van der Waals surface area contributed by atoms with Gasteiger partial charge in [-0.2, -0.15) is 5.10 Å². The van der Waals surface area contributed by atoms with Crippen LogP contribution in [-0.4, -0.2) is 36.5 Å². The minimum Gasteiger partial charge on any atom is -0.462 e. The number of rotatable bonds is 7. The predicted molar refractivity (Wildman–Crippen MR) is 122 cm³/mol. The molecule has 0 saturated heterocycles. The summed E-state index contributed by atoms with van der Waals surface area (Å²) >= 11 is 3.37. The molecule has 160 valence electrons. The van der Waals surface area contributed by atoms with Gasteiger partial charge in [-0.25, -0.2) is 4.98 Å². The number of furan rings is 1. The van der Waals surface area contributed by atoms with E-state index in [0.717, 1.165) is 5.69 Å². The van der Waals surface area contributed by atoms with Crippen LogP contribution in [0.3, 0.4) is 0 Å². The number of allylic oxidation sites excluding steroid dienone is 2. The van der Waals surface area contributed by atoms with E-state index < -0.39 is 5.91 Å². The fraction of sp³-hybridized carbons (Fsp3) is 0.238. The van der Waals surface area contributed by atoms with Crippen LogP contribution in [0.15, 0.2) is 41.0 Å². The summed E-state index contributed by atoms with van der Waals surface area (Å²) in [7, 11) is 0. The van der Waals surface area contributed by atoms with Crippen molar-refractivity contribution in [3.05, 3.63) is 53.6 Å². The first kappa shape index (κ1) is 20.9. The Morgan fingerprint density at radius 2 is 2.13 bits per heavy atom. The Bertz CT molecular complexity index is 1330. The zero-order chi connectivity index (χ0) is 22.1. The highest BCUT2D eigenvalue weighted by molar-refractivity contribution is 9.09. The maximum atomic E-state index is 13.0. The summed E-state index contributed by atoms with van der Waals surface area (Å²) in [5.41, 5.74) is 8.71. The van der Waals surface area contributed by atoms with Gasteiger partial charge in [0.2, 0.25) is 11.9 Å². The van der Waals surface area contributed by atoms with E-state index in [4.69, 9.17) is 10.2 Å². The number of halogens is 1. The number of nitrogens with two attached hydrogens (primary N) is 1. The fourth-order valence-corrected chi connectivity index (χ4v) is 3.85. The lowest BCUT2D eigenvalue weighted by atomic mass is 10.1. The molecule has 4 aromatic rings. The summed E-state index contributed by atoms with van der Waals surface area (Å²) in [6, 6.07) is 5.05. The molecule has 2 amide bonds. The lowest BCUT2D eigenvalue weighted by molar-refractivity contribution is 0.0997. The van der Waals surface area contributed by atoms with Gasteiger partial charge < -0.3 is 14.7 Å². The molecule has 3 N–H and O–H groups in total. The third-order valence-electron chi connectivity index (χ3n) is 4.91. The van der Waals surface area contributed by atoms with E-state index in [1.807, 2.05) is 30.6 Å². The molecule has 31 heavy (non-hydrogen) atoms. The van der Waals surface area contributed by atoms with Gasteiger partial charge in [0, 0.05) is 23.8 Å². The summed E-state index contributed by atoms with van der Waals surface area (Å²) in [5, 5.41) is 8.51. The van der Waals surface area contributed by atoms with E-state index in [0.29, 0.717) is 57.6 Å². The van der Waals surface area contributed by atoms with Crippen molar-refractivity contribution >= 4 is 55.7 Å².